The first kappa shape index (κ1) is 24.9. The SMILES string of the molecule is [2H]c1c([2H])c([2H])c2c([2H])c(-c3ccc(-c4ccc(N(c5ccccc5)c5ccccc5-c5cccc6c5c5ccccc5n6-c5ccccc5)cc4)cc3)c([2H])c([2H])c2c1[2H]. The lowest BCUT2D eigenvalue weighted by atomic mass is 9.96. The molecule has 0 saturated carbocycles. The Labute approximate surface area is 325 Å². The van der Waals surface area contributed by atoms with E-state index in [1.807, 2.05) is 36.4 Å². The third-order valence-electron chi connectivity index (χ3n) is 10.0. The van der Waals surface area contributed by atoms with Crippen molar-refractivity contribution in [1.29, 1.82) is 0 Å². The topological polar surface area (TPSA) is 8.17 Å². The van der Waals surface area contributed by atoms with Gasteiger partial charge in [0.2, 0.25) is 0 Å². The molecule has 2 nitrogen and oxygen atoms in total. The monoisotopic (exact) mass is 695 g/mol. The summed E-state index contributed by atoms with van der Waals surface area (Å²) in [6.45, 7) is 0. The van der Waals surface area contributed by atoms with E-state index in [-0.39, 0.29) is 40.5 Å². The molecule has 0 unspecified atom stereocenters. The highest BCUT2D eigenvalue weighted by Crippen LogP contribution is 2.45. The van der Waals surface area contributed by atoms with Crippen LogP contribution in [0, 0.1) is 0 Å². The van der Waals surface area contributed by atoms with Crippen molar-refractivity contribution < 1.29 is 9.60 Å². The lowest BCUT2D eigenvalue weighted by Crippen LogP contribution is -2.11. The number of fused-ring (bicyclic) bond motifs is 4. The lowest BCUT2D eigenvalue weighted by molar-refractivity contribution is 1.18. The number of hydrogen-bond donors (Lipinski definition) is 0. The second-order valence-electron chi connectivity index (χ2n) is 13.2. The molecule has 0 amide bonds. The second kappa shape index (κ2) is 13.4. The number of benzene rings is 9. The summed E-state index contributed by atoms with van der Waals surface area (Å²) in [6.07, 6.45) is 0. The molecule has 54 heavy (non-hydrogen) atoms. The molecule has 9 aromatic carbocycles. The molecule has 0 N–H and O–H groups in total. The Bertz CT molecular complexity index is 3310. The maximum Gasteiger partial charge on any atom is 0.0636 e. The van der Waals surface area contributed by atoms with Crippen molar-refractivity contribution in [3.63, 3.8) is 0 Å². The molecule has 0 spiro atoms. The van der Waals surface area contributed by atoms with Crippen LogP contribution in [0.5, 0.6) is 0 Å². The van der Waals surface area contributed by atoms with Gasteiger partial charge in [-0.15, -0.1) is 0 Å². The molecule has 0 bridgehead atoms. The van der Waals surface area contributed by atoms with E-state index in [2.05, 4.69) is 137 Å². The van der Waals surface area contributed by atoms with Crippen molar-refractivity contribution in [2.75, 3.05) is 4.90 Å². The van der Waals surface area contributed by atoms with Crippen LogP contribution in [0.2, 0.25) is 0 Å². The minimum atomic E-state index is -0.481. The van der Waals surface area contributed by atoms with Gasteiger partial charge in [0.1, 0.15) is 0 Å². The molecule has 0 fully saturated rings. The van der Waals surface area contributed by atoms with Gasteiger partial charge in [-0.25, -0.2) is 0 Å². The Morgan fingerprint density at radius 3 is 1.76 bits per heavy atom. The van der Waals surface area contributed by atoms with E-state index >= 15 is 0 Å². The summed E-state index contributed by atoms with van der Waals surface area (Å²) < 4.78 is 61.8. The van der Waals surface area contributed by atoms with Gasteiger partial charge in [-0.2, -0.15) is 0 Å². The van der Waals surface area contributed by atoms with E-state index < -0.39 is 18.1 Å². The Hall–Kier alpha value is -7.16. The van der Waals surface area contributed by atoms with Gasteiger partial charge in [0.05, 0.1) is 26.3 Å². The van der Waals surface area contributed by atoms with Gasteiger partial charge in [-0.05, 0) is 99.2 Å². The van der Waals surface area contributed by atoms with Crippen molar-refractivity contribution in [1.82, 2.24) is 4.57 Å². The zero-order valence-corrected chi connectivity index (χ0v) is 29.1. The number of anilines is 3. The molecule has 1 aromatic heterocycles. The van der Waals surface area contributed by atoms with E-state index in [1.54, 1.807) is 12.1 Å². The highest BCUT2D eigenvalue weighted by atomic mass is 15.1. The standard InChI is InChI=1S/C52H36N2/c1-3-16-43(17-4-1)53(45-34-32-39(33-35-45)38-26-28-40(29-27-38)42-31-30-37-14-7-8-15-41(37)36-42)49-23-11-9-20-46(49)47-22-13-25-51-52(47)48-21-10-12-24-50(48)54(51)44-18-5-2-6-19-44/h1-36H/i7D,8D,14D,15D,30D,31D,36D. The molecule has 2 heteroatoms. The summed E-state index contributed by atoms with van der Waals surface area (Å²) in [5.74, 6) is 0. The Kier molecular flexibility index (Phi) is 6.20. The molecule has 0 saturated heterocycles. The van der Waals surface area contributed by atoms with Crippen LogP contribution < -0.4 is 4.90 Å². The van der Waals surface area contributed by atoms with Crippen molar-refractivity contribution in [2.45, 2.75) is 0 Å². The van der Waals surface area contributed by atoms with Crippen LogP contribution in [-0.4, -0.2) is 4.57 Å². The average Bonchev–Trinajstić information content (AvgIpc) is 3.65. The zero-order chi connectivity index (χ0) is 41.9. The summed E-state index contributed by atoms with van der Waals surface area (Å²) in [6, 6.07) is 57.8. The Balaban J connectivity index is 1.06. The van der Waals surface area contributed by atoms with Crippen LogP contribution >= 0.6 is 0 Å². The zero-order valence-electron chi connectivity index (χ0n) is 36.1. The predicted octanol–water partition coefficient (Wildman–Crippen LogP) is 14.4. The van der Waals surface area contributed by atoms with Crippen molar-refractivity contribution >= 4 is 49.6 Å². The first-order valence-electron chi connectivity index (χ1n) is 21.5. The molecule has 10 rings (SSSR count). The van der Waals surface area contributed by atoms with E-state index in [4.69, 9.17) is 9.60 Å². The molecular weight excluding hydrogens is 653 g/mol. The third-order valence-corrected chi connectivity index (χ3v) is 10.0. The van der Waals surface area contributed by atoms with Gasteiger partial charge in [-0.3, -0.25) is 0 Å². The fraction of sp³-hybridized carbons (Fsp3) is 0. The number of hydrogen-bond acceptors (Lipinski definition) is 1. The fourth-order valence-corrected chi connectivity index (χ4v) is 7.56. The molecule has 0 aliphatic carbocycles. The van der Waals surface area contributed by atoms with Crippen molar-refractivity contribution in [2.24, 2.45) is 0 Å². The Morgan fingerprint density at radius 1 is 0.407 bits per heavy atom. The minimum Gasteiger partial charge on any atom is -0.310 e. The maximum atomic E-state index is 8.97. The predicted molar refractivity (Wildman–Crippen MR) is 229 cm³/mol. The maximum absolute atomic E-state index is 8.97. The molecule has 254 valence electrons. The van der Waals surface area contributed by atoms with Crippen LogP contribution in [-0.2, 0) is 0 Å². The molecular formula is C52H36N2. The normalized spacial score (nSPS) is 13.1. The summed E-state index contributed by atoms with van der Waals surface area (Å²) in [5.41, 5.74) is 11.2. The number of rotatable bonds is 7. The molecule has 0 radical (unpaired) electrons. The van der Waals surface area contributed by atoms with Crippen molar-refractivity contribution in [3.05, 3.63) is 218 Å². The largest absolute Gasteiger partial charge is 0.310 e. The average molecular weight is 696 g/mol. The number of nitrogens with zero attached hydrogens (tertiary/aromatic N) is 2. The van der Waals surface area contributed by atoms with Gasteiger partial charge < -0.3 is 9.47 Å². The highest BCUT2D eigenvalue weighted by Gasteiger charge is 2.21. The smallest absolute Gasteiger partial charge is 0.0636 e. The second-order valence-corrected chi connectivity index (χ2v) is 13.2. The number of aromatic nitrogens is 1. The van der Waals surface area contributed by atoms with E-state index in [0.717, 1.165) is 56.0 Å². The van der Waals surface area contributed by atoms with Crippen LogP contribution in [0.4, 0.5) is 17.1 Å². The van der Waals surface area contributed by atoms with Gasteiger partial charge in [0, 0.05) is 33.4 Å². The van der Waals surface area contributed by atoms with E-state index in [0.29, 0.717) is 5.56 Å². The Morgan fingerprint density at radius 2 is 0.981 bits per heavy atom. The molecule has 0 atom stereocenters. The molecule has 0 aliphatic rings. The summed E-state index contributed by atoms with van der Waals surface area (Å²) in [7, 11) is 0. The number of para-hydroxylation sites is 4. The quantitative estimate of drug-likeness (QED) is 0.161. The van der Waals surface area contributed by atoms with Gasteiger partial charge >= 0.3 is 0 Å². The van der Waals surface area contributed by atoms with E-state index in [1.165, 1.54) is 10.8 Å². The molecule has 10 aromatic rings. The van der Waals surface area contributed by atoms with E-state index in [9.17, 15) is 0 Å². The third kappa shape index (κ3) is 5.53. The highest BCUT2D eigenvalue weighted by molar-refractivity contribution is 6.17. The van der Waals surface area contributed by atoms with Crippen molar-refractivity contribution in [3.8, 4) is 39.1 Å². The molecule has 1 heterocycles. The van der Waals surface area contributed by atoms with Gasteiger partial charge in [0.15, 0.2) is 0 Å². The first-order valence-corrected chi connectivity index (χ1v) is 18.0. The van der Waals surface area contributed by atoms with Gasteiger partial charge in [0.25, 0.3) is 0 Å². The minimum absolute atomic E-state index is 0.0539. The molecule has 0 aliphatic heterocycles. The fourth-order valence-electron chi connectivity index (χ4n) is 7.56. The summed E-state index contributed by atoms with van der Waals surface area (Å²) in [4.78, 5) is 2.29. The van der Waals surface area contributed by atoms with Crippen LogP contribution in [0.3, 0.4) is 0 Å². The summed E-state index contributed by atoms with van der Waals surface area (Å²) in [5, 5.41) is 2.20. The van der Waals surface area contributed by atoms with Crippen LogP contribution in [0.1, 0.15) is 9.60 Å². The van der Waals surface area contributed by atoms with Gasteiger partial charge in [-0.1, -0.05) is 158 Å². The first-order chi connectivity index (χ1) is 29.7. The lowest BCUT2D eigenvalue weighted by Gasteiger charge is -2.28. The summed E-state index contributed by atoms with van der Waals surface area (Å²) >= 11 is 0. The van der Waals surface area contributed by atoms with Crippen LogP contribution in [0.15, 0.2) is 218 Å². The van der Waals surface area contributed by atoms with Crippen LogP contribution in [0.25, 0.3) is 71.6 Å².